The summed E-state index contributed by atoms with van der Waals surface area (Å²) >= 11 is 6.06. The Labute approximate surface area is 124 Å². The normalized spacial score (nSPS) is 19.1. The molecule has 1 aromatic rings. The molecule has 1 saturated carbocycles. The molecular weight excluding hydrogens is 300 g/mol. The summed E-state index contributed by atoms with van der Waals surface area (Å²) in [6, 6.07) is 0. The molecule has 1 heterocycles. The molecule has 5 nitrogen and oxygen atoms in total. The fourth-order valence-corrected chi connectivity index (χ4v) is 3.33. The van der Waals surface area contributed by atoms with Gasteiger partial charge in [0.2, 0.25) is 0 Å². The maximum atomic E-state index is 12.5. The van der Waals surface area contributed by atoms with Crippen molar-refractivity contribution in [2.24, 2.45) is 0 Å². The van der Waals surface area contributed by atoms with E-state index in [0.29, 0.717) is 5.56 Å². The molecule has 1 N–H and O–H groups in total. The van der Waals surface area contributed by atoms with Gasteiger partial charge in [-0.05, 0) is 25.7 Å². The number of nitrogens with zero attached hydrogens (tertiary/aromatic N) is 1. The molecule has 0 spiro atoms. The van der Waals surface area contributed by atoms with Crippen LogP contribution < -0.4 is 11.2 Å². The van der Waals surface area contributed by atoms with Crippen LogP contribution in [0.5, 0.6) is 0 Å². The third-order valence-corrected chi connectivity index (χ3v) is 5.52. The van der Waals surface area contributed by atoms with Crippen LogP contribution in [0.25, 0.3) is 0 Å². The Morgan fingerprint density at radius 3 is 2.55 bits per heavy atom. The van der Waals surface area contributed by atoms with Gasteiger partial charge in [0.25, 0.3) is 5.56 Å². The second kappa shape index (κ2) is 6.26. The molecule has 0 saturated heterocycles. The highest BCUT2D eigenvalue weighted by Crippen LogP contribution is 2.34. The van der Waals surface area contributed by atoms with E-state index in [1.54, 1.807) is 13.2 Å². The van der Waals surface area contributed by atoms with Gasteiger partial charge in [-0.1, -0.05) is 24.4 Å². The zero-order chi connectivity index (χ0) is 14.9. The van der Waals surface area contributed by atoms with E-state index >= 15 is 0 Å². The molecule has 1 fully saturated rings. The number of aromatic nitrogens is 2. The van der Waals surface area contributed by atoms with E-state index in [2.05, 4.69) is 4.98 Å². The summed E-state index contributed by atoms with van der Waals surface area (Å²) in [4.78, 5) is 27.0. The summed E-state index contributed by atoms with van der Waals surface area (Å²) < 4.78 is 12.6. The van der Waals surface area contributed by atoms with Gasteiger partial charge < -0.3 is 0 Å². The molecular formula is C13H19ClN2O3S. The summed E-state index contributed by atoms with van der Waals surface area (Å²) in [5.74, 6) is 0.125. The Morgan fingerprint density at radius 1 is 1.40 bits per heavy atom. The minimum Gasteiger partial charge on any atom is -0.297 e. The minimum atomic E-state index is -1.09. The highest BCUT2D eigenvalue weighted by molar-refractivity contribution is 7.84. The molecule has 2 unspecified atom stereocenters. The van der Waals surface area contributed by atoms with E-state index in [1.165, 1.54) is 0 Å². The predicted molar refractivity (Wildman–Crippen MR) is 81.1 cm³/mol. The van der Waals surface area contributed by atoms with Gasteiger partial charge in [-0.2, -0.15) is 0 Å². The number of nitrogens with one attached hydrogen (secondary N) is 1. The van der Waals surface area contributed by atoms with Crippen molar-refractivity contribution in [3.63, 3.8) is 0 Å². The molecule has 2 rings (SSSR count). The van der Waals surface area contributed by atoms with Crippen LogP contribution in [0.2, 0.25) is 5.15 Å². The topological polar surface area (TPSA) is 71.9 Å². The first-order chi connectivity index (χ1) is 9.41. The van der Waals surface area contributed by atoms with Gasteiger partial charge in [0, 0.05) is 28.9 Å². The molecule has 1 aliphatic carbocycles. The Kier molecular flexibility index (Phi) is 4.86. The molecule has 112 valence electrons. The molecule has 1 aliphatic rings. The monoisotopic (exact) mass is 318 g/mol. The number of aromatic amines is 1. The smallest absolute Gasteiger partial charge is 0.297 e. The Bertz CT molecular complexity index is 631. The van der Waals surface area contributed by atoms with Crippen molar-refractivity contribution in [2.45, 2.75) is 50.3 Å². The molecule has 7 heteroatoms. The van der Waals surface area contributed by atoms with E-state index in [-0.39, 0.29) is 28.4 Å². The summed E-state index contributed by atoms with van der Waals surface area (Å²) in [5.41, 5.74) is -0.347. The first-order valence-corrected chi connectivity index (χ1v) is 8.76. The van der Waals surface area contributed by atoms with Gasteiger partial charge in [0.15, 0.2) is 0 Å². The van der Waals surface area contributed by atoms with Gasteiger partial charge in [-0.25, -0.2) is 4.79 Å². The van der Waals surface area contributed by atoms with Crippen molar-refractivity contribution in [3.05, 3.63) is 31.6 Å². The maximum absolute atomic E-state index is 12.5. The fourth-order valence-electron chi connectivity index (χ4n) is 2.66. The largest absolute Gasteiger partial charge is 0.329 e. The van der Waals surface area contributed by atoms with Crippen LogP contribution in [0.4, 0.5) is 0 Å². The third kappa shape index (κ3) is 3.06. The summed E-state index contributed by atoms with van der Waals surface area (Å²) in [6.07, 6.45) is 5.58. The van der Waals surface area contributed by atoms with Crippen LogP contribution in [0, 0.1) is 0 Å². The Balaban J connectivity index is 2.47. The zero-order valence-electron chi connectivity index (χ0n) is 11.6. The molecule has 1 aromatic heterocycles. The molecule has 0 bridgehead atoms. The average molecular weight is 319 g/mol. The molecule has 2 atom stereocenters. The quantitative estimate of drug-likeness (QED) is 0.857. The van der Waals surface area contributed by atoms with E-state index in [9.17, 15) is 13.8 Å². The fraction of sp³-hybridized carbons (Fsp3) is 0.692. The molecule has 0 aromatic carbocycles. The lowest BCUT2D eigenvalue weighted by atomic mass is 10.0. The van der Waals surface area contributed by atoms with E-state index in [0.717, 1.165) is 30.3 Å². The van der Waals surface area contributed by atoms with Crippen molar-refractivity contribution in [1.82, 2.24) is 9.55 Å². The van der Waals surface area contributed by atoms with Crippen molar-refractivity contribution >= 4 is 22.4 Å². The van der Waals surface area contributed by atoms with Gasteiger partial charge in [-0.15, -0.1) is 0 Å². The van der Waals surface area contributed by atoms with E-state index in [4.69, 9.17) is 11.6 Å². The van der Waals surface area contributed by atoms with Crippen molar-refractivity contribution in [2.75, 3.05) is 6.26 Å². The summed E-state index contributed by atoms with van der Waals surface area (Å²) in [7, 11) is -1.09. The number of rotatable bonds is 4. The highest BCUT2D eigenvalue weighted by atomic mass is 35.5. The van der Waals surface area contributed by atoms with Gasteiger partial charge in [-0.3, -0.25) is 18.6 Å². The lowest BCUT2D eigenvalue weighted by molar-refractivity contribution is 0.585. The van der Waals surface area contributed by atoms with E-state index < -0.39 is 16.5 Å². The second-order valence-electron chi connectivity index (χ2n) is 5.36. The molecule has 20 heavy (non-hydrogen) atoms. The van der Waals surface area contributed by atoms with Crippen molar-refractivity contribution < 1.29 is 4.21 Å². The third-order valence-electron chi connectivity index (χ3n) is 3.94. The number of H-pyrrole nitrogens is 1. The predicted octanol–water partition coefficient (Wildman–Crippen LogP) is 1.61. The van der Waals surface area contributed by atoms with Crippen LogP contribution in [0.15, 0.2) is 9.59 Å². The van der Waals surface area contributed by atoms with Gasteiger partial charge >= 0.3 is 5.69 Å². The highest BCUT2D eigenvalue weighted by Gasteiger charge is 2.25. The van der Waals surface area contributed by atoms with Crippen LogP contribution in [0.3, 0.4) is 0 Å². The van der Waals surface area contributed by atoms with Crippen molar-refractivity contribution in [1.29, 1.82) is 0 Å². The van der Waals surface area contributed by atoms with Gasteiger partial charge in [0.05, 0.1) is 5.56 Å². The molecule has 0 amide bonds. The van der Waals surface area contributed by atoms with Crippen LogP contribution >= 0.6 is 11.6 Å². The molecule has 0 aliphatic heterocycles. The summed E-state index contributed by atoms with van der Waals surface area (Å²) in [6.45, 7) is 1.90. The minimum absolute atomic E-state index is 0.125. The van der Waals surface area contributed by atoms with Gasteiger partial charge in [0.1, 0.15) is 5.15 Å². The second-order valence-corrected chi connectivity index (χ2v) is 7.54. The average Bonchev–Trinajstić information content (AvgIpc) is 2.87. The SMILES string of the molecule is CC(Cn1c(=O)[nH]c(Cl)c(C2CCCC2)c1=O)S(C)=O. The van der Waals surface area contributed by atoms with Crippen molar-refractivity contribution in [3.8, 4) is 0 Å². The van der Waals surface area contributed by atoms with Crippen LogP contribution in [-0.2, 0) is 17.3 Å². The van der Waals surface area contributed by atoms with Crippen LogP contribution in [-0.4, -0.2) is 25.3 Å². The van der Waals surface area contributed by atoms with E-state index in [1.807, 2.05) is 0 Å². The number of hydrogen-bond acceptors (Lipinski definition) is 3. The lowest BCUT2D eigenvalue weighted by Gasteiger charge is -2.15. The lowest BCUT2D eigenvalue weighted by Crippen LogP contribution is -2.41. The number of hydrogen-bond donors (Lipinski definition) is 1. The Hall–Kier alpha value is -0.880. The molecule has 0 radical (unpaired) electrons. The zero-order valence-corrected chi connectivity index (χ0v) is 13.2. The summed E-state index contributed by atoms with van der Waals surface area (Å²) in [5, 5.41) is -0.0974. The maximum Gasteiger partial charge on any atom is 0.329 e. The first-order valence-electron chi connectivity index (χ1n) is 6.76. The number of halogens is 1. The first kappa shape index (κ1) is 15.5. The standard InChI is InChI=1S/C13H19ClN2O3S/c1-8(20(2)19)7-16-12(17)10(9-5-3-4-6-9)11(14)15-13(16)18/h8-9H,3-7H2,1-2H3,(H,15,18). The Morgan fingerprint density at radius 2 is 2.00 bits per heavy atom. The van der Waals surface area contributed by atoms with Crippen LogP contribution in [0.1, 0.15) is 44.1 Å².